The van der Waals surface area contributed by atoms with Gasteiger partial charge in [0.2, 0.25) is 0 Å². The number of carbonyl (C=O) groups is 1. The van der Waals surface area contributed by atoms with E-state index >= 15 is 0 Å². The summed E-state index contributed by atoms with van der Waals surface area (Å²) in [5.74, 6) is 0.131. The molecule has 0 amide bonds. The Bertz CT molecular complexity index is 395. The van der Waals surface area contributed by atoms with Gasteiger partial charge in [-0.15, -0.1) is 0 Å². The zero-order chi connectivity index (χ0) is 11.8. The highest BCUT2D eigenvalue weighted by Gasteiger charge is 2.05. The van der Waals surface area contributed by atoms with Crippen LogP contribution in [0.2, 0.25) is 0 Å². The van der Waals surface area contributed by atoms with Crippen LogP contribution in [0.1, 0.15) is 41.6 Å². The molecule has 0 aliphatic rings. The van der Waals surface area contributed by atoms with Gasteiger partial charge in [-0.3, -0.25) is 4.79 Å². The highest BCUT2D eigenvalue weighted by atomic mass is 79.9. The summed E-state index contributed by atoms with van der Waals surface area (Å²) in [6.07, 6.45) is 3.66. The summed E-state index contributed by atoms with van der Waals surface area (Å²) in [5, 5.41) is 9.71. The van der Waals surface area contributed by atoms with Crippen molar-refractivity contribution in [2.75, 3.05) is 5.33 Å². The van der Waals surface area contributed by atoms with E-state index in [0.717, 1.165) is 24.6 Å². The van der Waals surface area contributed by atoms with Crippen LogP contribution in [0.3, 0.4) is 0 Å². The topological polar surface area (TPSA) is 40.9 Å². The Morgan fingerprint density at radius 3 is 2.81 bits per heavy atom. The van der Waals surface area contributed by atoms with Crippen LogP contribution in [-0.4, -0.2) is 11.1 Å². The number of Topliss-reactive ketones (excluding diaryl/α,β-unsaturated/α-hetero) is 1. The molecule has 0 N–H and O–H groups in total. The quantitative estimate of drug-likeness (QED) is 0.453. The van der Waals surface area contributed by atoms with Gasteiger partial charge in [0.1, 0.15) is 0 Å². The van der Waals surface area contributed by atoms with Gasteiger partial charge < -0.3 is 0 Å². The van der Waals surface area contributed by atoms with E-state index in [-0.39, 0.29) is 5.78 Å². The van der Waals surface area contributed by atoms with Gasteiger partial charge in [-0.05, 0) is 25.0 Å². The molecule has 0 radical (unpaired) electrons. The lowest BCUT2D eigenvalue weighted by molar-refractivity contribution is 0.0979. The highest BCUT2D eigenvalue weighted by Crippen LogP contribution is 2.10. The predicted molar refractivity (Wildman–Crippen MR) is 67.7 cm³/mol. The van der Waals surface area contributed by atoms with Crippen LogP contribution < -0.4 is 0 Å². The Kier molecular flexibility index (Phi) is 5.81. The summed E-state index contributed by atoms with van der Waals surface area (Å²) >= 11 is 3.36. The van der Waals surface area contributed by atoms with Gasteiger partial charge >= 0.3 is 0 Å². The summed E-state index contributed by atoms with van der Waals surface area (Å²) in [6, 6.07) is 8.94. The first-order valence-electron chi connectivity index (χ1n) is 5.37. The lowest BCUT2D eigenvalue weighted by Gasteiger charge is -2.01. The number of carbonyl (C=O) groups excluding carboxylic acids is 1. The molecule has 0 saturated heterocycles. The predicted octanol–water partition coefficient (Wildman–Crippen LogP) is 3.70. The van der Waals surface area contributed by atoms with Gasteiger partial charge in [0, 0.05) is 17.3 Å². The van der Waals surface area contributed by atoms with Crippen molar-refractivity contribution in [2.45, 2.75) is 25.7 Å². The molecule has 3 heteroatoms. The minimum Gasteiger partial charge on any atom is -0.294 e. The normalized spacial score (nSPS) is 9.75. The molecular weight excluding hydrogens is 266 g/mol. The van der Waals surface area contributed by atoms with Gasteiger partial charge in [-0.2, -0.15) is 5.26 Å². The van der Waals surface area contributed by atoms with Crippen LogP contribution in [0, 0.1) is 11.3 Å². The van der Waals surface area contributed by atoms with Crippen molar-refractivity contribution in [3.8, 4) is 6.07 Å². The average molecular weight is 280 g/mol. The van der Waals surface area contributed by atoms with Gasteiger partial charge in [0.25, 0.3) is 0 Å². The van der Waals surface area contributed by atoms with Crippen molar-refractivity contribution in [3.63, 3.8) is 0 Å². The molecule has 0 aromatic heterocycles. The third kappa shape index (κ3) is 4.16. The fourth-order valence-electron chi connectivity index (χ4n) is 1.46. The first-order chi connectivity index (χ1) is 7.77. The van der Waals surface area contributed by atoms with Crippen LogP contribution in [0.15, 0.2) is 24.3 Å². The number of ketones is 1. The first kappa shape index (κ1) is 12.9. The number of hydrogen-bond acceptors (Lipinski definition) is 2. The monoisotopic (exact) mass is 279 g/mol. The van der Waals surface area contributed by atoms with Crippen LogP contribution in [0.25, 0.3) is 0 Å². The number of hydrogen-bond donors (Lipinski definition) is 0. The second kappa shape index (κ2) is 7.19. The summed E-state index contributed by atoms with van der Waals surface area (Å²) < 4.78 is 0. The lowest BCUT2D eigenvalue weighted by atomic mass is 10.0. The van der Waals surface area contributed by atoms with Crippen LogP contribution in [0.5, 0.6) is 0 Å². The molecule has 0 aliphatic heterocycles. The van der Waals surface area contributed by atoms with Crippen molar-refractivity contribution in [2.24, 2.45) is 0 Å². The molecule has 0 bridgehead atoms. The van der Waals surface area contributed by atoms with Crippen molar-refractivity contribution < 1.29 is 4.79 Å². The van der Waals surface area contributed by atoms with E-state index in [0.29, 0.717) is 17.5 Å². The number of nitrogens with zero attached hydrogens (tertiary/aromatic N) is 1. The van der Waals surface area contributed by atoms with E-state index in [1.165, 1.54) is 0 Å². The molecule has 0 saturated carbocycles. The fourth-order valence-corrected chi connectivity index (χ4v) is 1.86. The van der Waals surface area contributed by atoms with Crippen LogP contribution in [0.4, 0.5) is 0 Å². The number of benzene rings is 1. The number of alkyl halides is 1. The summed E-state index contributed by atoms with van der Waals surface area (Å²) in [7, 11) is 0. The maximum Gasteiger partial charge on any atom is 0.162 e. The molecule has 0 atom stereocenters. The minimum atomic E-state index is 0.131. The second-order valence-electron chi connectivity index (χ2n) is 3.62. The van der Waals surface area contributed by atoms with Gasteiger partial charge in [-0.1, -0.05) is 34.5 Å². The first-order valence-corrected chi connectivity index (χ1v) is 6.49. The Hall–Kier alpha value is -1.14. The molecular formula is C13H14BrNO. The van der Waals surface area contributed by atoms with Gasteiger partial charge in [0.15, 0.2) is 5.78 Å². The SMILES string of the molecule is N#Cc1cccc(C(=O)CCCCCBr)c1. The van der Waals surface area contributed by atoms with Crippen molar-refractivity contribution in [1.29, 1.82) is 5.26 Å². The number of rotatable bonds is 6. The molecule has 0 spiro atoms. The number of halogens is 1. The van der Waals surface area contributed by atoms with E-state index in [9.17, 15) is 4.79 Å². The van der Waals surface area contributed by atoms with E-state index in [1.807, 2.05) is 6.07 Å². The zero-order valence-electron chi connectivity index (χ0n) is 9.08. The van der Waals surface area contributed by atoms with Crippen molar-refractivity contribution in [3.05, 3.63) is 35.4 Å². The molecule has 0 unspecified atom stereocenters. The van der Waals surface area contributed by atoms with Crippen molar-refractivity contribution in [1.82, 2.24) is 0 Å². The molecule has 0 fully saturated rings. The minimum absolute atomic E-state index is 0.131. The van der Waals surface area contributed by atoms with Crippen molar-refractivity contribution >= 4 is 21.7 Å². The standard InChI is InChI=1S/C13H14BrNO/c14-8-3-1-2-7-13(16)12-6-4-5-11(9-12)10-15/h4-6,9H,1-3,7-8H2. The van der Waals surface area contributed by atoms with Gasteiger partial charge in [0.05, 0.1) is 11.6 Å². The summed E-state index contributed by atoms with van der Waals surface area (Å²) in [5.41, 5.74) is 1.20. The van der Waals surface area contributed by atoms with Crippen LogP contribution in [-0.2, 0) is 0 Å². The second-order valence-corrected chi connectivity index (χ2v) is 4.41. The third-order valence-electron chi connectivity index (χ3n) is 2.35. The van der Waals surface area contributed by atoms with E-state index in [1.54, 1.807) is 24.3 Å². The maximum absolute atomic E-state index is 11.8. The molecule has 0 heterocycles. The molecule has 1 aromatic rings. The third-order valence-corrected chi connectivity index (χ3v) is 2.91. The summed E-state index contributed by atoms with van der Waals surface area (Å²) in [4.78, 5) is 11.8. The lowest BCUT2D eigenvalue weighted by Crippen LogP contribution is -1.99. The van der Waals surface area contributed by atoms with E-state index < -0.39 is 0 Å². The van der Waals surface area contributed by atoms with E-state index in [4.69, 9.17) is 5.26 Å². The molecule has 16 heavy (non-hydrogen) atoms. The zero-order valence-corrected chi connectivity index (χ0v) is 10.7. The maximum atomic E-state index is 11.8. The highest BCUT2D eigenvalue weighted by molar-refractivity contribution is 9.09. The largest absolute Gasteiger partial charge is 0.294 e. The molecule has 0 aliphatic carbocycles. The molecule has 1 aromatic carbocycles. The van der Waals surface area contributed by atoms with Gasteiger partial charge in [-0.25, -0.2) is 0 Å². The molecule has 84 valence electrons. The Labute approximate surface area is 104 Å². The Morgan fingerprint density at radius 1 is 1.31 bits per heavy atom. The Balaban J connectivity index is 2.50. The smallest absolute Gasteiger partial charge is 0.162 e. The fraction of sp³-hybridized carbons (Fsp3) is 0.385. The number of unbranched alkanes of at least 4 members (excludes halogenated alkanes) is 2. The summed E-state index contributed by atoms with van der Waals surface area (Å²) in [6.45, 7) is 0. The van der Waals surface area contributed by atoms with E-state index in [2.05, 4.69) is 15.9 Å². The molecule has 1 rings (SSSR count). The Morgan fingerprint density at radius 2 is 2.12 bits per heavy atom. The number of nitriles is 1. The average Bonchev–Trinajstić information content (AvgIpc) is 2.34. The molecule has 2 nitrogen and oxygen atoms in total. The van der Waals surface area contributed by atoms with Crippen LogP contribution >= 0.6 is 15.9 Å².